The summed E-state index contributed by atoms with van der Waals surface area (Å²) in [5.74, 6) is 0.143. The first-order chi connectivity index (χ1) is 11.8. The molecule has 7 nitrogen and oxygen atoms in total. The third-order valence-corrected chi connectivity index (χ3v) is 4.83. The van der Waals surface area contributed by atoms with Gasteiger partial charge in [0.15, 0.2) is 0 Å². The van der Waals surface area contributed by atoms with Gasteiger partial charge in [-0.1, -0.05) is 6.92 Å². The van der Waals surface area contributed by atoms with Crippen molar-refractivity contribution in [2.45, 2.75) is 39.2 Å². The highest BCUT2D eigenvalue weighted by atomic mass is 16.4. The Morgan fingerprint density at radius 1 is 1.40 bits per heavy atom. The van der Waals surface area contributed by atoms with Crippen LogP contribution in [-0.2, 0) is 4.79 Å². The van der Waals surface area contributed by atoms with E-state index in [1.807, 2.05) is 13.8 Å². The Labute approximate surface area is 147 Å². The van der Waals surface area contributed by atoms with Crippen LogP contribution in [0, 0.1) is 17.2 Å². The molecule has 0 aliphatic carbocycles. The molecular formula is C18H26N4O3. The lowest BCUT2D eigenvalue weighted by Crippen LogP contribution is -2.44. The Bertz CT molecular complexity index is 644. The number of amides is 2. The van der Waals surface area contributed by atoms with E-state index in [1.54, 1.807) is 24.3 Å². The third kappa shape index (κ3) is 4.95. The number of carbonyl (C=O) groups is 2. The van der Waals surface area contributed by atoms with Crippen LogP contribution >= 0.6 is 0 Å². The predicted molar refractivity (Wildman–Crippen MR) is 96.8 cm³/mol. The van der Waals surface area contributed by atoms with Gasteiger partial charge in [-0.3, -0.25) is 10.2 Å². The molecule has 1 aliphatic heterocycles. The number of rotatable bonds is 5. The Morgan fingerprint density at radius 2 is 2.04 bits per heavy atom. The zero-order valence-electron chi connectivity index (χ0n) is 14.7. The average Bonchev–Trinajstić information content (AvgIpc) is 2.55. The van der Waals surface area contributed by atoms with Gasteiger partial charge >= 0.3 is 6.09 Å². The van der Waals surface area contributed by atoms with Crippen LogP contribution in [-0.4, -0.2) is 40.4 Å². The second-order valence-corrected chi connectivity index (χ2v) is 6.83. The van der Waals surface area contributed by atoms with Crippen molar-refractivity contribution in [1.29, 1.82) is 5.41 Å². The Hall–Kier alpha value is -2.57. The minimum absolute atomic E-state index is 0.00642. The molecule has 0 bridgehead atoms. The number of carboxylic acid groups (broad SMARTS) is 1. The average molecular weight is 346 g/mol. The fourth-order valence-electron chi connectivity index (χ4n) is 3.37. The molecule has 2 amide bonds. The monoisotopic (exact) mass is 346 g/mol. The molecule has 0 spiro atoms. The molecule has 1 heterocycles. The normalized spacial score (nSPS) is 21.4. The van der Waals surface area contributed by atoms with Gasteiger partial charge in [-0.25, -0.2) is 4.79 Å². The van der Waals surface area contributed by atoms with Crippen molar-refractivity contribution in [2.24, 2.45) is 17.6 Å². The number of benzene rings is 1. The van der Waals surface area contributed by atoms with E-state index in [-0.39, 0.29) is 23.7 Å². The molecule has 1 aromatic carbocycles. The number of nitrogen functional groups attached to an aromatic ring is 1. The summed E-state index contributed by atoms with van der Waals surface area (Å²) in [4.78, 5) is 25.0. The van der Waals surface area contributed by atoms with E-state index in [9.17, 15) is 9.59 Å². The molecule has 1 fully saturated rings. The number of anilines is 1. The number of carbonyl (C=O) groups excluding carboxylic acids is 1. The lowest BCUT2D eigenvalue weighted by Gasteiger charge is -2.36. The Morgan fingerprint density at radius 3 is 2.56 bits per heavy atom. The van der Waals surface area contributed by atoms with Crippen LogP contribution < -0.4 is 11.1 Å². The Kier molecular flexibility index (Phi) is 6.01. The van der Waals surface area contributed by atoms with E-state index >= 15 is 0 Å². The standard InChI is InChI=1S/C18H26N4O3/c1-11(9-13-7-8-22(18(24)25)12(2)10-13)17(23)21-15-5-3-14(4-6-15)16(19)20/h3-6,11-13H,7-10H2,1-2H3,(H3,19,20)(H,21,23)(H,24,25). The second-order valence-electron chi connectivity index (χ2n) is 6.83. The van der Waals surface area contributed by atoms with E-state index in [2.05, 4.69) is 5.32 Å². The first-order valence-corrected chi connectivity index (χ1v) is 8.52. The van der Waals surface area contributed by atoms with Gasteiger partial charge in [0.1, 0.15) is 5.84 Å². The predicted octanol–water partition coefficient (Wildman–Crippen LogP) is 2.71. The number of nitrogens with two attached hydrogens (primary N) is 1. The first-order valence-electron chi connectivity index (χ1n) is 8.52. The number of likely N-dealkylation sites (tertiary alicyclic amines) is 1. The van der Waals surface area contributed by atoms with Crippen molar-refractivity contribution in [3.8, 4) is 0 Å². The zero-order valence-corrected chi connectivity index (χ0v) is 14.7. The molecule has 3 atom stereocenters. The number of hydrogen-bond acceptors (Lipinski definition) is 3. The second kappa shape index (κ2) is 8.00. The van der Waals surface area contributed by atoms with Crippen LogP contribution in [0.5, 0.6) is 0 Å². The van der Waals surface area contributed by atoms with Crippen molar-refractivity contribution in [3.05, 3.63) is 29.8 Å². The molecule has 0 aromatic heterocycles. The summed E-state index contributed by atoms with van der Waals surface area (Å²) >= 11 is 0. The lowest BCUT2D eigenvalue weighted by molar-refractivity contribution is -0.120. The molecule has 25 heavy (non-hydrogen) atoms. The highest BCUT2D eigenvalue weighted by Gasteiger charge is 2.30. The quantitative estimate of drug-likeness (QED) is 0.484. The zero-order chi connectivity index (χ0) is 18.6. The fraction of sp³-hybridized carbons (Fsp3) is 0.500. The largest absolute Gasteiger partial charge is 0.465 e. The van der Waals surface area contributed by atoms with E-state index in [0.29, 0.717) is 23.7 Å². The molecule has 2 rings (SSSR count). The van der Waals surface area contributed by atoms with Crippen LogP contribution in [0.3, 0.4) is 0 Å². The van der Waals surface area contributed by atoms with E-state index < -0.39 is 6.09 Å². The molecule has 1 aliphatic rings. The van der Waals surface area contributed by atoms with E-state index in [4.69, 9.17) is 16.2 Å². The molecule has 7 heteroatoms. The van der Waals surface area contributed by atoms with Crippen molar-refractivity contribution in [1.82, 2.24) is 4.90 Å². The summed E-state index contributed by atoms with van der Waals surface area (Å²) in [6, 6.07) is 6.85. The van der Waals surface area contributed by atoms with Gasteiger partial charge in [-0.05, 0) is 56.4 Å². The third-order valence-electron chi connectivity index (χ3n) is 4.83. The maximum atomic E-state index is 12.4. The minimum Gasteiger partial charge on any atom is -0.465 e. The summed E-state index contributed by atoms with van der Waals surface area (Å²) < 4.78 is 0. The fourth-order valence-corrected chi connectivity index (χ4v) is 3.37. The molecular weight excluding hydrogens is 320 g/mol. The highest BCUT2D eigenvalue weighted by molar-refractivity contribution is 5.96. The van der Waals surface area contributed by atoms with Gasteiger partial charge < -0.3 is 21.1 Å². The van der Waals surface area contributed by atoms with Crippen molar-refractivity contribution in [2.75, 3.05) is 11.9 Å². The van der Waals surface area contributed by atoms with Gasteiger partial charge in [-0.15, -0.1) is 0 Å². The van der Waals surface area contributed by atoms with Crippen LogP contribution in [0.15, 0.2) is 24.3 Å². The minimum atomic E-state index is -0.870. The SMILES string of the molecule is CC(CC1CCN(C(=O)O)C(C)C1)C(=O)Nc1ccc(C(=N)N)cc1. The van der Waals surface area contributed by atoms with Crippen molar-refractivity contribution in [3.63, 3.8) is 0 Å². The first kappa shape index (κ1) is 18.8. The van der Waals surface area contributed by atoms with Crippen LogP contribution in [0.1, 0.15) is 38.7 Å². The van der Waals surface area contributed by atoms with Gasteiger partial charge in [-0.2, -0.15) is 0 Å². The van der Waals surface area contributed by atoms with E-state index in [1.165, 1.54) is 4.90 Å². The van der Waals surface area contributed by atoms with Crippen molar-refractivity contribution >= 4 is 23.5 Å². The van der Waals surface area contributed by atoms with Crippen molar-refractivity contribution < 1.29 is 14.7 Å². The molecule has 3 unspecified atom stereocenters. The number of hydrogen-bond donors (Lipinski definition) is 4. The molecule has 136 valence electrons. The summed E-state index contributed by atoms with van der Waals surface area (Å²) in [6.07, 6.45) is 1.46. The number of nitrogens with zero attached hydrogens (tertiary/aromatic N) is 1. The van der Waals surface area contributed by atoms with Gasteiger partial charge in [0.05, 0.1) is 0 Å². The maximum Gasteiger partial charge on any atom is 0.407 e. The summed E-state index contributed by atoms with van der Waals surface area (Å²) in [5.41, 5.74) is 6.71. The number of amidine groups is 1. The van der Waals surface area contributed by atoms with Crippen LogP contribution in [0.25, 0.3) is 0 Å². The van der Waals surface area contributed by atoms with Gasteiger partial charge in [0.25, 0.3) is 0 Å². The highest BCUT2D eigenvalue weighted by Crippen LogP contribution is 2.28. The topological polar surface area (TPSA) is 120 Å². The molecule has 1 aromatic rings. The molecule has 1 saturated heterocycles. The maximum absolute atomic E-state index is 12.4. The Balaban J connectivity index is 1.86. The summed E-state index contributed by atoms with van der Waals surface area (Å²) in [5, 5.41) is 19.4. The van der Waals surface area contributed by atoms with Gasteiger partial charge in [0, 0.05) is 29.8 Å². The molecule has 5 N–H and O–H groups in total. The summed E-state index contributed by atoms with van der Waals surface area (Å²) in [7, 11) is 0. The molecule has 0 radical (unpaired) electrons. The molecule has 0 saturated carbocycles. The lowest BCUT2D eigenvalue weighted by atomic mass is 9.84. The van der Waals surface area contributed by atoms with E-state index in [0.717, 1.165) is 19.3 Å². The van der Waals surface area contributed by atoms with Crippen LogP contribution in [0.2, 0.25) is 0 Å². The smallest absolute Gasteiger partial charge is 0.407 e. The van der Waals surface area contributed by atoms with Gasteiger partial charge in [0.2, 0.25) is 5.91 Å². The summed E-state index contributed by atoms with van der Waals surface area (Å²) in [6.45, 7) is 4.34. The number of nitrogens with one attached hydrogen (secondary N) is 2. The number of piperidine rings is 1. The van der Waals surface area contributed by atoms with Crippen LogP contribution in [0.4, 0.5) is 10.5 Å².